The van der Waals surface area contributed by atoms with Gasteiger partial charge in [0.2, 0.25) is 5.91 Å². The molecule has 0 N–H and O–H groups in total. The van der Waals surface area contributed by atoms with Crippen LogP contribution in [0.3, 0.4) is 0 Å². The fraction of sp³-hybridized carbons (Fsp3) is 0.900. The topological polar surface area (TPSA) is 20.3 Å². The summed E-state index contributed by atoms with van der Waals surface area (Å²) < 4.78 is 0. The highest BCUT2D eigenvalue weighted by molar-refractivity contribution is 5.78. The van der Waals surface area contributed by atoms with Gasteiger partial charge in [0, 0.05) is 19.0 Å². The van der Waals surface area contributed by atoms with Crippen molar-refractivity contribution in [1.29, 1.82) is 0 Å². The molecule has 1 heterocycles. The Labute approximate surface area is 74.9 Å². The standard InChI is InChI=1S/C10H19NO/c1-3-4-6-9(2)11-8-5-7-10(11)12/h9H,3-8H2,1-2H3. The maximum atomic E-state index is 11.3. The van der Waals surface area contributed by atoms with E-state index in [1.165, 1.54) is 19.3 Å². The van der Waals surface area contributed by atoms with Crippen molar-refractivity contribution in [2.24, 2.45) is 0 Å². The minimum absolute atomic E-state index is 0.360. The third-order valence-electron chi connectivity index (χ3n) is 2.62. The SMILES string of the molecule is CCCCC(C)N1CCCC1=O. The van der Waals surface area contributed by atoms with Crippen LogP contribution in [0.2, 0.25) is 0 Å². The lowest BCUT2D eigenvalue weighted by molar-refractivity contribution is -0.129. The second-order valence-electron chi connectivity index (χ2n) is 3.68. The third-order valence-corrected chi connectivity index (χ3v) is 2.62. The van der Waals surface area contributed by atoms with Gasteiger partial charge in [-0.1, -0.05) is 19.8 Å². The molecule has 1 aliphatic heterocycles. The van der Waals surface area contributed by atoms with Gasteiger partial charge in [-0.2, -0.15) is 0 Å². The first-order chi connectivity index (χ1) is 5.75. The predicted octanol–water partition coefficient (Wildman–Crippen LogP) is 2.19. The highest BCUT2D eigenvalue weighted by Gasteiger charge is 2.24. The molecule has 1 rings (SSSR count). The zero-order valence-corrected chi connectivity index (χ0v) is 8.18. The summed E-state index contributed by atoms with van der Waals surface area (Å²) >= 11 is 0. The number of carbonyl (C=O) groups excluding carboxylic acids is 1. The number of rotatable bonds is 4. The van der Waals surface area contributed by atoms with Crippen LogP contribution in [-0.2, 0) is 4.79 Å². The van der Waals surface area contributed by atoms with Crippen molar-refractivity contribution in [3.05, 3.63) is 0 Å². The molecule has 0 spiro atoms. The van der Waals surface area contributed by atoms with Gasteiger partial charge in [-0.05, 0) is 19.8 Å². The van der Waals surface area contributed by atoms with E-state index in [1.807, 2.05) is 4.90 Å². The van der Waals surface area contributed by atoms with E-state index in [-0.39, 0.29) is 0 Å². The fourth-order valence-electron chi connectivity index (χ4n) is 1.79. The van der Waals surface area contributed by atoms with Crippen molar-refractivity contribution in [3.63, 3.8) is 0 Å². The van der Waals surface area contributed by atoms with Gasteiger partial charge in [0.25, 0.3) is 0 Å². The smallest absolute Gasteiger partial charge is 0.222 e. The molecule has 1 aliphatic rings. The van der Waals surface area contributed by atoms with Gasteiger partial charge in [0.1, 0.15) is 0 Å². The molecule has 0 aromatic carbocycles. The maximum Gasteiger partial charge on any atom is 0.222 e. The van der Waals surface area contributed by atoms with Crippen LogP contribution < -0.4 is 0 Å². The lowest BCUT2D eigenvalue weighted by Crippen LogP contribution is -2.33. The van der Waals surface area contributed by atoms with Crippen LogP contribution in [0.5, 0.6) is 0 Å². The molecule has 70 valence electrons. The number of nitrogens with zero attached hydrogens (tertiary/aromatic N) is 1. The van der Waals surface area contributed by atoms with Crippen molar-refractivity contribution < 1.29 is 4.79 Å². The zero-order valence-electron chi connectivity index (χ0n) is 8.18. The Morgan fingerprint density at radius 1 is 1.58 bits per heavy atom. The second kappa shape index (κ2) is 4.48. The van der Waals surface area contributed by atoms with Crippen LogP contribution in [0.25, 0.3) is 0 Å². The van der Waals surface area contributed by atoms with Crippen molar-refractivity contribution >= 4 is 5.91 Å². The van der Waals surface area contributed by atoms with Crippen LogP contribution in [0, 0.1) is 0 Å². The van der Waals surface area contributed by atoms with Crippen LogP contribution in [0.1, 0.15) is 46.0 Å². The van der Waals surface area contributed by atoms with Crippen molar-refractivity contribution in [1.82, 2.24) is 4.90 Å². The Morgan fingerprint density at radius 2 is 2.33 bits per heavy atom. The highest BCUT2D eigenvalue weighted by atomic mass is 16.2. The van der Waals surface area contributed by atoms with Crippen molar-refractivity contribution in [3.8, 4) is 0 Å². The van der Waals surface area contributed by atoms with Gasteiger partial charge >= 0.3 is 0 Å². The molecule has 12 heavy (non-hydrogen) atoms. The summed E-state index contributed by atoms with van der Waals surface area (Å²) in [5.74, 6) is 0.360. The molecule has 0 aromatic rings. The highest BCUT2D eigenvalue weighted by Crippen LogP contribution is 2.16. The summed E-state index contributed by atoms with van der Waals surface area (Å²) in [5.41, 5.74) is 0. The lowest BCUT2D eigenvalue weighted by atomic mass is 10.1. The minimum Gasteiger partial charge on any atom is -0.340 e. The maximum absolute atomic E-state index is 11.3. The van der Waals surface area contributed by atoms with Gasteiger partial charge in [-0.25, -0.2) is 0 Å². The van der Waals surface area contributed by atoms with E-state index >= 15 is 0 Å². The van der Waals surface area contributed by atoms with E-state index in [0.29, 0.717) is 11.9 Å². The van der Waals surface area contributed by atoms with Crippen molar-refractivity contribution in [2.45, 2.75) is 52.0 Å². The Morgan fingerprint density at radius 3 is 2.83 bits per heavy atom. The molecule has 2 heteroatoms. The molecule has 1 amide bonds. The molecule has 1 unspecified atom stereocenters. The van der Waals surface area contributed by atoms with E-state index < -0.39 is 0 Å². The lowest BCUT2D eigenvalue weighted by Gasteiger charge is -2.23. The molecule has 2 nitrogen and oxygen atoms in total. The Kier molecular flexibility index (Phi) is 3.57. The second-order valence-corrected chi connectivity index (χ2v) is 3.68. The van der Waals surface area contributed by atoms with Crippen LogP contribution in [-0.4, -0.2) is 23.4 Å². The number of unbranched alkanes of at least 4 members (excludes halogenated alkanes) is 1. The Bertz CT molecular complexity index is 156. The van der Waals surface area contributed by atoms with Gasteiger partial charge < -0.3 is 4.90 Å². The minimum atomic E-state index is 0.360. The summed E-state index contributed by atoms with van der Waals surface area (Å²) in [6.45, 7) is 5.35. The molecule has 0 saturated carbocycles. The summed E-state index contributed by atoms with van der Waals surface area (Å²) in [4.78, 5) is 13.3. The Hall–Kier alpha value is -0.530. The number of amides is 1. The first-order valence-corrected chi connectivity index (χ1v) is 5.05. The predicted molar refractivity (Wildman–Crippen MR) is 49.9 cm³/mol. The van der Waals surface area contributed by atoms with Gasteiger partial charge in [-0.3, -0.25) is 4.79 Å². The quantitative estimate of drug-likeness (QED) is 0.631. The summed E-state index contributed by atoms with van der Waals surface area (Å²) in [7, 11) is 0. The third kappa shape index (κ3) is 2.23. The summed E-state index contributed by atoms with van der Waals surface area (Å²) in [5, 5.41) is 0. The van der Waals surface area contributed by atoms with E-state index in [4.69, 9.17) is 0 Å². The fourth-order valence-corrected chi connectivity index (χ4v) is 1.79. The molecular weight excluding hydrogens is 150 g/mol. The largest absolute Gasteiger partial charge is 0.340 e. The number of likely N-dealkylation sites (tertiary alicyclic amines) is 1. The molecular formula is C10H19NO. The van der Waals surface area contributed by atoms with E-state index in [0.717, 1.165) is 19.4 Å². The number of carbonyl (C=O) groups is 1. The van der Waals surface area contributed by atoms with Crippen LogP contribution >= 0.6 is 0 Å². The van der Waals surface area contributed by atoms with Crippen LogP contribution in [0.4, 0.5) is 0 Å². The molecule has 0 radical (unpaired) electrons. The number of hydrogen-bond donors (Lipinski definition) is 0. The van der Waals surface area contributed by atoms with Gasteiger partial charge in [-0.15, -0.1) is 0 Å². The summed E-state index contributed by atoms with van der Waals surface area (Å²) in [6.07, 6.45) is 5.48. The first-order valence-electron chi connectivity index (χ1n) is 5.05. The molecule has 0 aliphatic carbocycles. The molecule has 1 fully saturated rings. The molecule has 0 bridgehead atoms. The summed E-state index contributed by atoms with van der Waals surface area (Å²) in [6, 6.07) is 0.472. The molecule has 1 atom stereocenters. The van der Waals surface area contributed by atoms with Gasteiger partial charge in [0.05, 0.1) is 0 Å². The van der Waals surface area contributed by atoms with Crippen molar-refractivity contribution in [2.75, 3.05) is 6.54 Å². The van der Waals surface area contributed by atoms with E-state index in [1.54, 1.807) is 0 Å². The molecule has 0 aromatic heterocycles. The van der Waals surface area contributed by atoms with E-state index in [9.17, 15) is 4.79 Å². The first kappa shape index (κ1) is 9.56. The van der Waals surface area contributed by atoms with Crippen LogP contribution in [0.15, 0.2) is 0 Å². The normalized spacial score (nSPS) is 20.2. The zero-order chi connectivity index (χ0) is 8.97. The molecule has 1 saturated heterocycles. The average molecular weight is 169 g/mol. The average Bonchev–Trinajstić information content (AvgIpc) is 2.47. The Balaban J connectivity index is 2.30. The monoisotopic (exact) mass is 169 g/mol. The van der Waals surface area contributed by atoms with E-state index in [2.05, 4.69) is 13.8 Å². The van der Waals surface area contributed by atoms with Gasteiger partial charge in [0.15, 0.2) is 0 Å². The number of hydrogen-bond acceptors (Lipinski definition) is 1.